The minimum atomic E-state index is -0.463. The van der Waals surface area contributed by atoms with Crippen molar-refractivity contribution in [2.75, 3.05) is 14.2 Å². The molecule has 0 aliphatic heterocycles. The van der Waals surface area contributed by atoms with Crippen molar-refractivity contribution < 1.29 is 13.9 Å². The summed E-state index contributed by atoms with van der Waals surface area (Å²) >= 11 is 7.49. The third kappa shape index (κ3) is 3.47. The van der Waals surface area contributed by atoms with E-state index < -0.39 is 5.82 Å². The van der Waals surface area contributed by atoms with Crippen LogP contribution in [0, 0.1) is 5.82 Å². The molecule has 0 saturated heterocycles. The molecule has 0 atom stereocenters. The molecule has 29 heavy (non-hydrogen) atoms. The van der Waals surface area contributed by atoms with Gasteiger partial charge in [-0.05, 0) is 29.8 Å². The number of hydrogen-bond acceptors (Lipinski definition) is 5. The number of nitrogens with zero attached hydrogens (tertiary/aromatic N) is 2. The Morgan fingerprint density at radius 1 is 1.17 bits per heavy atom. The molecule has 148 valence electrons. The molecule has 4 rings (SSSR count). The van der Waals surface area contributed by atoms with Gasteiger partial charge in [0.25, 0.3) is 5.56 Å². The van der Waals surface area contributed by atoms with Gasteiger partial charge in [0.2, 0.25) is 0 Å². The van der Waals surface area contributed by atoms with Gasteiger partial charge >= 0.3 is 0 Å². The van der Waals surface area contributed by atoms with Crippen molar-refractivity contribution in [3.05, 3.63) is 74.9 Å². The summed E-state index contributed by atoms with van der Waals surface area (Å²) in [5.74, 6) is 0.696. The molecule has 0 aliphatic rings. The van der Waals surface area contributed by atoms with Gasteiger partial charge in [-0.1, -0.05) is 23.7 Å². The summed E-state index contributed by atoms with van der Waals surface area (Å²) in [4.78, 5) is 18.2. The highest BCUT2D eigenvalue weighted by Crippen LogP contribution is 2.36. The maximum absolute atomic E-state index is 14.2. The summed E-state index contributed by atoms with van der Waals surface area (Å²) < 4.78 is 26.2. The van der Waals surface area contributed by atoms with Crippen molar-refractivity contribution >= 4 is 33.2 Å². The molecule has 5 nitrogen and oxygen atoms in total. The Labute approximate surface area is 174 Å². The van der Waals surface area contributed by atoms with Crippen LogP contribution in [0.5, 0.6) is 11.5 Å². The van der Waals surface area contributed by atoms with Crippen molar-refractivity contribution in [3.63, 3.8) is 0 Å². The third-order valence-corrected chi connectivity index (χ3v) is 5.89. The van der Waals surface area contributed by atoms with Gasteiger partial charge in [-0.2, -0.15) is 0 Å². The second-order valence-corrected chi connectivity index (χ2v) is 7.54. The first kappa shape index (κ1) is 19.4. The number of rotatable bonds is 5. The first-order valence-electron chi connectivity index (χ1n) is 8.65. The molecule has 4 aromatic rings. The molecule has 0 spiro atoms. The van der Waals surface area contributed by atoms with Gasteiger partial charge < -0.3 is 9.47 Å². The molecule has 0 aliphatic carbocycles. The second kappa shape index (κ2) is 7.85. The molecule has 0 unspecified atom stereocenters. The van der Waals surface area contributed by atoms with Crippen molar-refractivity contribution in [2.24, 2.45) is 0 Å². The predicted octanol–water partition coefficient (Wildman–Crippen LogP) is 4.98. The summed E-state index contributed by atoms with van der Waals surface area (Å²) in [5, 5.41) is 2.61. The number of fused-ring (bicyclic) bond motifs is 1. The third-order valence-electron chi connectivity index (χ3n) is 4.65. The van der Waals surface area contributed by atoms with Gasteiger partial charge in [0, 0.05) is 21.5 Å². The molecule has 0 N–H and O–H groups in total. The fourth-order valence-electron chi connectivity index (χ4n) is 3.15. The maximum atomic E-state index is 14.2. The van der Waals surface area contributed by atoms with Gasteiger partial charge in [0.05, 0.1) is 32.5 Å². The fraction of sp³-hybridized carbons (Fsp3) is 0.143. The van der Waals surface area contributed by atoms with Crippen LogP contribution in [0.25, 0.3) is 21.3 Å². The van der Waals surface area contributed by atoms with Crippen LogP contribution >= 0.6 is 22.9 Å². The van der Waals surface area contributed by atoms with E-state index in [0.717, 1.165) is 11.1 Å². The first-order valence-corrected chi connectivity index (χ1v) is 9.91. The van der Waals surface area contributed by atoms with Gasteiger partial charge in [-0.3, -0.25) is 9.36 Å². The minimum Gasteiger partial charge on any atom is -0.493 e. The van der Waals surface area contributed by atoms with Crippen LogP contribution in [0.3, 0.4) is 0 Å². The zero-order valence-electron chi connectivity index (χ0n) is 15.6. The normalized spacial score (nSPS) is 11.0. The predicted molar refractivity (Wildman–Crippen MR) is 113 cm³/mol. The van der Waals surface area contributed by atoms with E-state index in [-0.39, 0.29) is 22.7 Å². The van der Waals surface area contributed by atoms with E-state index in [9.17, 15) is 9.18 Å². The topological polar surface area (TPSA) is 53.4 Å². The lowest BCUT2D eigenvalue weighted by Crippen LogP contribution is -2.21. The average molecular weight is 431 g/mol. The summed E-state index contributed by atoms with van der Waals surface area (Å²) in [5.41, 5.74) is 1.52. The van der Waals surface area contributed by atoms with E-state index >= 15 is 0 Å². The van der Waals surface area contributed by atoms with E-state index in [2.05, 4.69) is 4.98 Å². The Hall–Kier alpha value is -2.90. The van der Waals surface area contributed by atoms with Crippen molar-refractivity contribution in [1.82, 2.24) is 9.55 Å². The average Bonchev–Trinajstić information content (AvgIpc) is 3.16. The van der Waals surface area contributed by atoms with Crippen LogP contribution in [0.15, 0.2) is 52.9 Å². The van der Waals surface area contributed by atoms with Gasteiger partial charge in [0.15, 0.2) is 11.5 Å². The van der Waals surface area contributed by atoms with E-state index in [1.165, 1.54) is 34.4 Å². The summed E-state index contributed by atoms with van der Waals surface area (Å²) in [6, 6.07) is 9.89. The highest BCUT2D eigenvalue weighted by molar-refractivity contribution is 7.17. The maximum Gasteiger partial charge on any atom is 0.263 e. The number of thiophene rings is 1. The Morgan fingerprint density at radius 2 is 1.97 bits per heavy atom. The lowest BCUT2D eigenvalue weighted by atomic mass is 10.1. The molecular weight excluding hydrogens is 415 g/mol. The largest absolute Gasteiger partial charge is 0.493 e. The molecule has 0 saturated carbocycles. The lowest BCUT2D eigenvalue weighted by Gasteiger charge is -2.10. The van der Waals surface area contributed by atoms with Crippen LogP contribution in [0.1, 0.15) is 5.56 Å². The number of halogens is 2. The number of methoxy groups -OCH3 is 2. The molecule has 2 aromatic carbocycles. The van der Waals surface area contributed by atoms with Crippen molar-refractivity contribution in [2.45, 2.75) is 6.54 Å². The second-order valence-electron chi connectivity index (χ2n) is 6.28. The lowest BCUT2D eigenvalue weighted by molar-refractivity contribution is 0.355. The Kier molecular flexibility index (Phi) is 5.25. The van der Waals surface area contributed by atoms with Crippen LogP contribution in [0.2, 0.25) is 5.02 Å². The van der Waals surface area contributed by atoms with Crippen molar-refractivity contribution in [3.8, 4) is 22.6 Å². The molecule has 8 heteroatoms. The SMILES string of the molecule is COc1ccc(-c2csc3ncn(Cc4c(F)cccc4Cl)c(=O)c23)cc1OC. The molecule has 0 radical (unpaired) electrons. The Morgan fingerprint density at radius 3 is 2.69 bits per heavy atom. The highest BCUT2D eigenvalue weighted by atomic mass is 35.5. The molecule has 2 heterocycles. The number of aromatic nitrogens is 2. The quantitative estimate of drug-likeness (QED) is 0.448. The number of hydrogen-bond donors (Lipinski definition) is 0. The number of ether oxygens (including phenoxy) is 2. The van der Waals surface area contributed by atoms with Crippen LogP contribution in [-0.4, -0.2) is 23.8 Å². The smallest absolute Gasteiger partial charge is 0.263 e. The monoisotopic (exact) mass is 430 g/mol. The molecule has 0 bridgehead atoms. The Bertz CT molecular complexity index is 1250. The summed E-state index contributed by atoms with van der Waals surface area (Å²) in [6.45, 7) is -0.00546. The van der Waals surface area contributed by atoms with E-state index in [1.807, 2.05) is 17.5 Å². The van der Waals surface area contributed by atoms with E-state index in [4.69, 9.17) is 21.1 Å². The van der Waals surface area contributed by atoms with Gasteiger partial charge in [0.1, 0.15) is 10.6 Å². The van der Waals surface area contributed by atoms with Gasteiger partial charge in [-0.15, -0.1) is 11.3 Å². The zero-order valence-corrected chi connectivity index (χ0v) is 17.2. The fourth-order valence-corrected chi connectivity index (χ4v) is 4.28. The summed E-state index contributed by atoms with van der Waals surface area (Å²) in [7, 11) is 3.12. The van der Waals surface area contributed by atoms with Crippen LogP contribution in [0.4, 0.5) is 4.39 Å². The van der Waals surface area contributed by atoms with Gasteiger partial charge in [-0.25, -0.2) is 9.37 Å². The molecule has 0 fully saturated rings. The molecule has 0 amide bonds. The zero-order chi connectivity index (χ0) is 20.5. The van der Waals surface area contributed by atoms with E-state index in [1.54, 1.807) is 26.4 Å². The van der Waals surface area contributed by atoms with E-state index in [0.29, 0.717) is 21.7 Å². The summed E-state index contributed by atoms with van der Waals surface area (Å²) in [6.07, 6.45) is 1.42. The van der Waals surface area contributed by atoms with Crippen LogP contribution in [-0.2, 0) is 6.54 Å². The Balaban J connectivity index is 1.85. The highest BCUT2D eigenvalue weighted by Gasteiger charge is 2.16. The number of benzene rings is 2. The standard InChI is InChI=1S/C21H16ClFN2O3S/c1-27-17-7-6-12(8-18(17)28-2)14-10-29-20-19(14)21(26)25(11-24-20)9-13-15(22)4-3-5-16(13)23/h3-8,10-11H,9H2,1-2H3. The first-order chi connectivity index (χ1) is 14.0. The van der Waals surface area contributed by atoms with Crippen LogP contribution < -0.4 is 15.0 Å². The minimum absolute atomic E-state index is 0.00546. The van der Waals surface area contributed by atoms with Crippen molar-refractivity contribution in [1.29, 1.82) is 0 Å². The molecule has 2 aromatic heterocycles. The molecular formula is C21H16ClFN2O3S.